The minimum atomic E-state index is 0.354. The molecule has 0 heterocycles. The first-order chi connectivity index (χ1) is 5.93. The molecule has 0 unspecified atom stereocenters. The van der Waals surface area contributed by atoms with E-state index in [1.807, 2.05) is 13.8 Å². The smallest absolute Gasteiger partial charge is 0.0169 e. The fourth-order valence-electron chi connectivity index (χ4n) is 2.06. The molecule has 0 bridgehead atoms. The zero-order valence-corrected chi connectivity index (χ0v) is 10.6. The minimum Gasteiger partial charge on any atom is -0.0748 e. The minimum absolute atomic E-state index is 0.354. The van der Waals surface area contributed by atoms with E-state index >= 15 is 0 Å². The Morgan fingerprint density at radius 2 is 1.50 bits per heavy atom. The van der Waals surface area contributed by atoms with Crippen molar-refractivity contribution in [1.29, 1.82) is 0 Å². The Balaban J connectivity index is 0.000000561. The first kappa shape index (κ1) is 12.2. The SMILES string of the molecule is CC.C[SiH2]CC1CCCCCC1. The van der Waals surface area contributed by atoms with Gasteiger partial charge in [0.15, 0.2) is 0 Å². The molecule has 74 valence electrons. The predicted octanol–water partition coefficient (Wildman–Crippen LogP) is 3.62. The summed E-state index contributed by atoms with van der Waals surface area (Å²) in [5.41, 5.74) is 0. The quantitative estimate of drug-likeness (QED) is 0.456. The second kappa shape index (κ2) is 9.31. The molecule has 0 spiro atoms. The number of rotatable bonds is 2. The molecule has 0 amide bonds. The van der Waals surface area contributed by atoms with Crippen LogP contribution in [-0.4, -0.2) is 9.52 Å². The normalized spacial score (nSPS) is 20.2. The highest BCUT2D eigenvalue weighted by Crippen LogP contribution is 2.25. The van der Waals surface area contributed by atoms with Gasteiger partial charge in [0.1, 0.15) is 0 Å². The second-order valence-electron chi connectivity index (χ2n) is 3.65. The summed E-state index contributed by atoms with van der Waals surface area (Å²) >= 11 is 0. The van der Waals surface area contributed by atoms with Gasteiger partial charge in [-0.3, -0.25) is 0 Å². The van der Waals surface area contributed by atoms with Crippen LogP contribution in [0.1, 0.15) is 52.4 Å². The van der Waals surface area contributed by atoms with Crippen LogP contribution in [0.25, 0.3) is 0 Å². The monoisotopic (exact) mass is 186 g/mol. The van der Waals surface area contributed by atoms with Gasteiger partial charge < -0.3 is 0 Å². The van der Waals surface area contributed by atoms with Crippen LogP contribution < -0.4 is 0 Å². The van der Waals surface area contributed by atoms with E-state index in [1.54, 1.807) is 18.9 Å². The molecule has 0 nitrogen and oxygen atoms in total. The van der Waals surface area contributed by atoms with Crippen molar-refractivity contribution in [3.05, 3.63) is 0 Å². The highest BCUT2D eigenvalue weighted by Gasteiger charge is 2.10. The summed E-state index contributed by atoms with van der Waals surface area (Å²) in [6, 6.07) is 1.62. The van der Waals surface area contributed by atoms with Gasteiger partial charge in [0, 0.05) is 9.52 Å². The van der Waals surface area contributed by atoms with Crippen LogP contribution in [0.5, 0.6) is 0 Å². The molecule has 1 fully saturated rings. The molecule has 0 radical (unpaired) electrons. The molecule has 1 aliphatic rings. The summed E-state index contributed by atoms with van der Waals surface area (Å²) in [6.07, 6.45) is 9.20. The third-order valence-corrected chi connectivity index (χ3v) is 4.07. The van der Waals surface area contributed by atoms with Gasteiger partial charge in [-0.25, -0.2) is 0 Å². The topological polar surface area (TPSA) is 0 Å². The van der Waals surface area contributed by atoms with Crippen molar-refractivity contribution in [1.82, 2.24) is 0 Å². The zero-order valence-electron chi connectivity index (χ0n) is 9.23. The average molecular weight is 186 g/mol. The van der Waals surface area contributed by atoms with Gasteiger partial charge in [-0.1, -0.05) is 65.0 Å². The molecule has 0 N–H and O–H groups in total. The molecule has 1 heteroatoms. The van der Waals surface area contributed by atoms with Crippen LogP contribution in [0.2, 0.25) is 12.6 Å². The predicted molar refractivity (Wildman–Crippen MR) is 61.8 cm³/mol. The van der Waals surface area contributed by atoms with Crippen molar-refractivity contribution < 1.29 is 0 Å². The van der Waals surface area contributed by atoms with E-state index in [1.165, 1.54) is 25.7 Å². The van der Waals surface area contributed by atoms with E-state index < -0.39 is 0 Å². The maximum atomic E-state index is 2.45. The lowest BCUT2D eigenvalue weighted by Gasteiger charge is -2.10. The van der Waals surface area contributed by atoms with Crippen molar-refractivity contribution in [2.45, 2.75) is 65.0 Å². The third kappa shape index (κ3) is 5.82. The van der Waals surface area contributed by atoms with Crippen LogP contribution in [-0.2, 0) is 0 Å². The first-order valence-electron chi connectivity index (χ1n) is 5.93. The summed E-state index contributed by atoms with van der Waals surface area (Å²) in [6.45, 7) is 6.45. The molecular weight excluding hydrogens is 160 g/mol. The molecule has 0 aromatic rings. The highest BCUT2D eigenvalue weighted by atomic mass is 28.2. The molecule has 0 aromatic carbocycles. The maximum absolute atomic E-state index is 2.45. The van der Waals surface area contributed by atoms with Crippen LogP contribution in [0.15, 0.2) is 0 Å². The Kier molecular flexibility index (Phi) is 9.47. The van der Waals surface area contributed by atoms with Crippen molar-refractivity contribution in [2.75, 3.05) is 0 Å². The van der Waals surface area contributed by atoms with Crippen LogP contribution in [0, 0.1) is 5.92 Å². The molecular formula is C11H26Si. The first-order valence-corrected chi connectivity index (χ1v) is 8.35. The zero-order chi connectivity index (χ0) is 9.23. The molecule has 0 aliphatic heterocycles. The maximum Gasteiger partial charge on any atom is 0.0169 e. The van der Waals surface area contributed by atoms with Crippen molar-refractivity contribution in [3.8, 4) is 0 Å². The summed E-state index contributed by atoms with van der Waals surface area (Å²) in [5.74, 6) is 1.15. The third-order valence-electron chi connectivity index (χ3n) is 2.67. The summed E-state index contributed by atoms with van der Waals surface area (Å²) in [5, 5.41) is 0. The summed E-state index contributed by atoms with van der Waals surface area (Å²) < 4.78 is 0. The van der Waals surface area contributed by atoms with E-state index in [4.69, 9.17) is 0 Å². The van der Waals surface area contributed by atoms with E-state index in [0.717, 1.165) is 5.92 Å². The Morgan fingerprint density at radius 1 is 1.00 bits per heavy atom. The Labute approximate surface area is 81.0 Å². The molecule has 12 heavy (non-hydrogen) atoms. The highest BCUT2D eigenvalue weighted by molar-refractivity contribution is 6.33. The van der Waals surface area contributed by atoms with E-state index in [0.29, 0.717) is 9.52 Å². The summed E-state index contributed by atoms with van der Waals surface area (Å²) in [4.78, 5) is 0. The molecule has 0 saturated heterocycles. The van der Waals surface area contributed by atoms with Gasteiger partial charge in [-0.15, -0.1) is 0 Å². The molecule has 1 aliphatic carbocycles. The number of hydrogen-bond donors (Lipinski definition) is 0. The van der Waals surface area contributed by atoms with Crippen molar-refractivity contribution in [2.24, 2.45) is 5.92 Å². The lowest BCUT2D eigenvalue weighted by Crippen LogP contribution is -2.00. The molecule has 0 atom stereocenters. The van der Waals surface area contributed by atoms with Gasteiger partial charge >= 0.3 is 0 Å². The van der Waals surface area contributed by atoms with Gasteiger partial charge in [0.25, 0.3) is 0 Å². The van der Waals surface area contributed by atoms with E-state index in [2.05, 4.69) is 6.55 Å². The van der Waals surface area contributed by atoms with Crippen LogP contribution in [0.3, 0.4) is 0 Å². The van der Waals surface area contributed by atoms with Crippen LogP contribution >= 0.6 is 0 Å². The Bertz CT molecular complexity index is 73.1. The van der Waals surface area contributed by atoms with E-state index in [9.17, 15) is 0 Å². The Morgan fingerprint density at radius 3 is 1.92 bits per heavy atom. The fraction of sp³-hybridized carbons (Fsp3) is 1.00. The lowest BCUT2D eigenvalue weighted by molar-refractivity contribution is 0.503. The van der Waals surface area contributed by atoms with E-state index in [-0.39, 0.29) is 0 Å². The van der Waals surface area contributed by atoms with Crippen LogP contribution in [0.4, 0.5) is 0 Å². The van der Waals surface area contributed by atoms with Gasteiger partial charge in [0.2, 0.25) is 0 Å². The van der Waals surface area contributed by atoms with Gasteiger partial charge in [-0.2, -0.15) is 0 Å². The lowest BCUT2D eigenvalue weighted by atomic mass is 10.0. The average Bonchev–Trinajstić information content (AvgIpc) is 2.37. The summed E-state index contributed by atoms with van der Waals surface area (Å²) in [7, 11) is 0.354. The number of hydrogen-bond acceptors (Lipinski definition) is 0. The second-order valence-corrected chi connectivity index (χ2v) is 5.22. The fourth-order valence-corrected chi connectivity index (χ4v) is 3.45. The van der Waals surface area contributed by atoms with Crippen molar-refractivity contribution in [3.63, 3.8) is 0 Å². The molecule has 1 rings (SSSR count). The molecule has 0 aromatic heterocycles. The largest absolute Gasteiger partial charge is 0.0748 e. The Hall–Kier alpha value is 0.217. The van der Waals surface area contributed by atoms with Crippen molar-refractivity contribution >= 4 is 9.52 Å². The van der Waals surface area contributed by atoms with Gasteiger partial charge in [0.05, 0.1) is 0 Å². The standard InChI is InChI=1S/C9H20Si.C2H6/c1-10-8-9-6-4-2-3-5-7-9;1-2/h9H,2-8,10H2,1H3;1-2H3. The van der Waals surface area contributed by atoms with Gasteiger partial charge in [-0.05, 0) is 5.92 Å². The molecule has 1 saturated carbocycles.